The fraction of sp³-hybridized carbons (Fsp3) is 0.600. The standard InChI is InChI=1S/C15H22N2O3S/c1-3-10-20-13-7-4-6-12(14(13)17(18)19)16-11-15(21-2)8-5-9-15/h4,6-7,16H,3,5,8-11H2,1-2H3. The lowest BCUT2D eigenvalue weighted by atomic mass is 9.84. The van der Waals surface area contributed by atoms with Gasteiger partial charge in [-0.15, -0.1) is 0 Å². The molecule has 2 rings (SSSR count). The molecule has 0 bridgehead atoms. The minimum Gasteiger partial charge on any atom is -0.487 e. The van der Waals surface area contributed by atoms with Crippen LogP contribution in [0.3, 0.4) is 0 Å². The van der Waals surface area contributed by atoms with E-state index in [9.17, 15) is 10.1 Å². The third-order valence-electron chi connectivity index (χ3n) is 3.94. The number of thioether (sulfide) groups is 1. The quantitative estimate of drug-likeness (QED) is 0.579. The second-order valence-electron chi connectivity index (χ2n) is 5.35. The van der Waals surface area contributed by atoms with Crippen molar-refractivity contribution in [2.45, 2.75) is 37.4 Å². The molecule has 0 spiro atoms. The molecule has 21 heavy (non-hydrogen) atoms. The lowest BCUT2D eigenvalue weighted by Crippen LogP contribution is -2.40. The van der Waals surface area contributed by atoms with Crippen LogP contribution in [0.5, 0.6) is 5.75 Å². The van der Waals surface area contributed by atoms with Crippen molar-refractivity contribution in [1.82, 2.24) is 0 Å². The zero-order valence-electron chi connectivity index (χ0n) is 12.6. The van der Waals surface area contributed by atoms with Crippen molar-refractivity contribution in [2.24, 2.45) is 0 Å². The highest BCUT2D eigenvalue weighted by Crippen LogP contribution is 2.43. The number of anilines is 1. The van der Waals surface area contributed by atoms with Crippen LogP contribution in [0.2, 0.25) is 0 Å². The monoisotopic (exact) mass is 310 g/mol. The summed E-state index contributed by atoms with van der Waals surface area (Å²) in [7, 11) is 0. The molecule has 1 N–H and O–H groups in total. The fourth-order valence-electron chi connectivity index (χ4n) is 2.46. The molecular weight excluding hydrogens is 288 g/mol. The first kappa shape index (κ1) is 15.9. The highest BCUT2D eigenvalue weighted by Gasteiger charge is 2.36. The van der Waals surface area contributed by atoms with Crippen LogP contribution in [0.25, 0.3) is 0 Å². The largest absolute Gasteiger partial charge is 0.487 e. The van der Waals surface area contributed by atoms with Gasteiger partial charge in [0.1, 0.15) is 5.69 Å². The summed E-state index contributed by atoms with van der Waals surface area (Å²) >= 11 is 1.85. The van der Waals surface area contributed by atoms with Gasteiger partial charge < -0.3 is 10.1 Å². The van der Waals surface area contributed by atoms with Crippen LogP contribution >= 0.6 is 11.8 Å². The Morgan fingerprint density at radius 2 is 2.24 bits per heavy atom. The molecule has 116 valence electrons. The van der Waals surface area contributed by atoms with Gasteiger partial charge in [0.15, 0.2) is 5.75 Å². The van der Waals surface area contributed by atoms with Gasteiger partial charge in [0.2, 0.25) is 0 Å². The number of ether oxygens (including phenoxy) is 1. The molecule has 1 aliphatic rings. The molecule has 0 heterocycles. The molecule has 0 aliphatic heterocycles. The first-order chi connectivity index (χ1) is 10.1. The Kier molecular flexibility index (Phi) is 5.33. The summed E-state index contributed by atoms with van der Waals surface area (Å²) in [6, 6.07) is 5.21. The van der Waals surface area contributed by atoms with Crippen LogP contribution in [0.1, 0.15) is 32.6 Å². The summed E-state index contributed by atoms with van der Waals surface area (Å²) in [5.74, 6) is 0.346. The summed E-state index contributed by atoms with van der Waals surface area (Å²) in [6.07, 6.45) is 6.51. The van der Waals surface area contributed by atoms with Crippen LogP contribution in [-0.4, -0.2) is 29.1 Å². The summed E-state index contributed by atoms with van der Waals surface area (Å²) in [5.41, 5.74) is 0.593. The molecule has 1 aliphatic carbocycles. The number of nitro groups is 1. The summed E-state index contributed by atoms with van der Waals surface area (Å²) in [6.45, 7) is 3.22. The second-order valence-corrected chi connectivity index (χ2v) is 6.63. The molecule has 0 amide bonds. The number of benzene rings is 1. The highest BCUT2D eigenvalue weighted by atomic mass is 32.2. The Balaban J connectivity index is 2.16. The van der Waals surface area contributed by atoms with Crippen LogP contribution in [-0.2, 0) is 0 Å². The molecule has 0 atom stereocenters. The number of nitrogens with zero attached hydrogens (tertiary/aromatic N) is 1. The van der Waals surface area contributed by atoms with Crippen LogP contribution in [0.15, 0.2) is 18.2 Å². The summed E-state index contributed by atoms with van der Waals surface area (Å²) in [5, 5.41) is 14.6. The Labute approximate surface area is 129 Å². The minimum atomic E-state index is -0.361. The molecule has 1 saturated carbocycles. The van der Waals surface area contributed by atoms with Gasteiger partial charge >= 0.3 is 5.69 Å². The Morgan fingerprint density at radius 1 is 1.48 bits per heavy atom. The van der Waals surface area contributed by atoms with Crippen molar-refractivity contribution < 1.29 is 9.66 Å². The van der Waals surface area contributed by atoms with Gasteiger partial charge in [-0.05, 0) is 37.7 Å². The van der Waals surface area contributed by atoms with E-state index < -0.39 is 0 Å². The normalized spacial score (nSPS) is 16.1. The van der Waals surface area contributed by atoms with Crippen LogP contribution in [0.4, 0.5) is 11.4 Å². The smallest absolute Gasteiger partial charge is 0.333 e. The molecule has 1 fully saturated rings. The first-order valence-corrected chi connectivity index (χ1v) is 8.53. The maximum atomic E-state index is 11.4. The first-order valence-electron chi connectivity index (χ1n) is 7.31. The van der Waals surface area contributed by atoms with Crippen LogP contribution < -0.4 is 10.1 Å². The minimum absolute atomic E-state index is 0.0431. The second kappa shape index (κ2) is 7.02. The molecule has 1 aromatic carbocycles. The van der Waals surface area contributed by atoms with E-state index in [0.717, 1.165) is 13.0 Å². The number of para-hydroxylation sites is 1. The van der Waals surface area contributed by atoms with E-state index >= 15 is 0 Å². The summed E-state index contributed by atoms with van der Waals surface area (Å²) < 4.78 is 5.73. The van der Waals surface area contributed by atoms with E-state index in [0.29, 0.717) is 18.0 Å². The van der Waals surface area contributed by atoms with Crippen molar-refractivity contribution in [3.05, 3.63) is 28.3 Å². The van der Waals surface area contributed by atoms with Gasteiger partial charge in [-0.25, -0.2) is 0 Å². The topological polar surface area (TPSA) is 64.4 Å². The Morgan fingerprint density at radius 3 is 2.76 bits per heavy atom. The van der Waals surface area contributed by atoms with Crippen molar-refractivity contribution in [2.75, 3.05) is 24.7 Å². The van der Waals surface area contributed by atoms with Gasteiger partial charge in [-0.2, -0.15) is 11.8 Å². The van der Waals surface area contributed by atoms with Crippen LogP contribution in [0, 0.1) is 10.1 Å². The molecule has 0 unspecified atom stereocenters. The fourth-order valence-corrected chi connectivity index (χ4v) is 3.38. The van der Waals surface area contributed by atoms with E-state index in [-0.39, 0.29) is 15.4 Å². The zero-order valence-corrected chi connectivity index (χ0v) is 13.4. The lowest BCUT2D eigenvalue weighted by molar-refractivity contribution is -0.385. The van der Waals surface area contributed by atoms with Gasteiger partial charge in [0.05, 0.1) is 11.5 Å². The van der Waals surface area contributed by atoms with Gasteiger partial charge in [-0.3, -0.25) is 10.1 Å². The van der Waals surface area contributed by atoms with E-state index in [4.69, 9.17) is 4.74 Å². The van der Waals surface area contributed by atoms with E-state index in [1.165, 1.54) is 19.3 Å². The Hall–Kier alpha value is -1.43. The number of rotatable bonds is 8. The SMILES string of the molecule is CCCOc1cccc(NCC2(SC)CCC2)c1[N+](=O)[O-]. The summed E-state index contributed by atoms with van der Waals surface area (Å²) in [4.78, 5) is 11.0. The zero-order chi connectivity index (χ0) is 15.3. The predicted octanol–water partition coefficient (Wildman–Crippen LogP) is 4.08. The van der Waals surface area contributed by atoms with E-state index in [1.54, 1.807) is 18.2 Å². The van der Waals surface area contributed by atoms with Crippen molar-refractivity contribution in [3.8, 4) is 5.75 Å². The molecule has 0 saturated heterocycles. The number of nitrogens with one attached hydrogen (secondary N) is 1. The van der Waals surface area contributed by atoms with Crippen molar-refractivity contribution in [1.29, 1.82) is 0 Å². The van der Waals surface area contributed by atoms with Gasteiger partial charge in [-0.1, -0.05) is 19.4 Å². The van der Waals surface area contributed by atoms with Crippen molar-refractivity contribution >= 4 is 23.1 Å². The third kappa shape index (κ3) is 3.61. The van der Waals surface area contributed by atoms with Crippen molar-refractivity contribution in [3.63, 3.8) is 0 Å². The predicted molar refractivity (Wildman–Crippen MR) is 87.5 cm³/mol. The molecule has 5 nitrogen and oxygen atoms in total. The maximum absolute atomic E-state index is 11.4. The number of hydrogen-bond donors (Lipinski definition) is 1. The van der Waals surface area contributed by atoms with E-state index in [2.05, 4.69) is 11.6 Å². The number of nitro benzene ring substituents is 1. The number of hydrogen-bond acceptors (Lipinski definition) is 5. The highest BCUT2D eigenvalue weighted by molar-refractivity contribution is 8.00. The van der Waals surface area contributed by atoms with E-state index in [1.807, 2.05) is 18.7 Å². The molecule has 0 aromatic heterocycles. The Bertz CT molecular complexity index is 498. The van der Waals surface area contributed by atoms with Gasteiger partial charge in [0, 0.05) is 11.3 Å². The maximum Gasteiger partial charge on any atom is 0.333 e. The molecule has 1 aromatic rings. The third-order valence-corrected chi connectivity index (χ3v) is 5.36. The van der Waals surface area contributed by atoms with Gasteiger partial charge in [0.25, 0.3) is 0 Å². The average molecular weight is 310 g/mol. The molecular formula is C15H22N2O3S. The molecule has 0 radical (unpaired) electrons. The lowest BCUT2D eigenvalue weighted by Gasteiger charge is -2.40. The average Bonchev–Trinajstić information content (AvgIpc) is 2.44. The molecule has 6 heteroatoms.